The summed E-state index contributed by atoms with van der Waals surface area (Å²) in [6, 6.07) is 4.42. The second kappa shape index (κ2) is 5.82. The van der Waals surface area contributed by atoms with Gasteiger partial charge in [-0.25, -0.2) is 0 Å². The fourth-order valence-corrected chi connectivity index (χ4v) is 2.85. The van der Waals surface area contributed by atoms with Gasteiger partial charge >= 0.3 is 0 Å². The number of nitrogens with one attached hydrogen (secondary N) is 1. The van der Waals surface area contributed by atoms with Gasteiger partial charge < -0.3 is 5.32 Å². The number of nitrogens with zero attached hydrogens (tertiary/aromatic N) is 1. The number of pyridine rings is 1. The lowest BCUT2D eigenvalue weighted by Gasteiger charge is -2.20. The van der Waals surface area contributed by atoms with Crippen molar-refractivity contribution in [3.05, 3.63) is 34.5 Å². The van der Waals surface area contributed by atoms with Crippen molar-refractivity contribution in [1.82, 2.24) is 4.98 Å². The fourth-order valence-electron chi connectivity index (χ4n) is 2.85. The second-order valence-electron chi connectivity index (χ2n) is 5.97. The van der Waals surface area contributed by atoms with Crippen LogP contribution in [0.15, 0.2) is 12.1 Å². The van der Waals surface area contributed by atoms with E-state index in [1.165, 1.54) is 27.8 Å². The van der Waals surface area contributed by atoms with Crippen molar-refractivity contribution in [2.45, 2.75) is 53.9 Å². The normalized spacial score (nSPS) is 11.3. The standard InChI is InChI=1S/C18H26N2/c1-7-10-19-18-15-9-8-12(4)13(5)17(15)20-14(6)16(18)11(2)3/h8-9,11H,7,10H2,1-6H3,(H,19,20). The Morgan fingerprint density at radius 1 is 1.15 bits per heavy atom. The average Bonchev–Trinajstić information content (AvgIpc) is 2.40. The highest BCUT2D eigenvalue weighted by Crippen LogP contribution is 2.35. The summed E-state index contributed by atoms with van der Waals surface area (Å²) < 4.78 is 0. The van der Waals surface area contributed by atoms with Crippen LogP contribution in [0.5, 0.6) is 0 Å². The van der Waals surface area contributed by atoms with E-state index in [9.17, 15) is 0 Å². The Bertz CT molecular complexity index is 627. The predicted molar refractivity (Wildman–Crippen MR) is 88.8 cm³/mol. The number of rotatable bonds is 4. The van der Waals surface area contributed by atoms with Crippen LogP contribution in [0.1, 0.15) is 55.5 Å². The smallest absolute Gasteiger partial charge is 0.0757 e. The highest BCUT2D eigenvalue weighted by atomic mass is 14.9. The molecule has 2 rings (SSSR count). The topological polar surface area (TPSA) is 24.9 Å². The first-order chi connectivity index (χ1) is 9.47. The number of aryl methyl sites for hydroxylation is 3. The van der Waals surface area contributed by atoms with Crippen molar-refractivity contribution in [3.63, 3.8) is 0 Å². The lowest BCUT2D eigenvalue weighted by molar-refractivity contribution is 0.844. The summed E-state index contributed by atoms with van der Waals surface area (Å²) in [5, 5.41) is 4.89. The van der Waals surface area contributed by atoms with Crippen molar-refractivity contribution in [3.8, 4) is 0 Å². The second-order valence-corrected chi connectivity index (χ2v) is 5.97. The molecule has 0 aliphatic rings. The summed E-state index contributed by atoms with van der Waals surface area (Å²) in [5.74, 6) is 0.480. The molecule has 1 aromatic heterocycles. The zero-order valence-electron chi connectivity index (χ0n) is 13.6. The molecule has 0 fully saturated rings. The van der Waals surface area contributed by atoms with E-state index in [2.05, 4.69) is 59.0 Å². The molecule has 0 aliphatic heterocycles. The molecule has 1 heterocycles. The molecule has 2 aromatic rings. The highest BCUT2D eigenvalue weighted by Gasteiger charge is 2.16. The Labute approximate surface area is 122 Å². The van der Waals surface area contributed by atoms with Crippen molar-refractivity contribution in [1.29, 1.82) is 0 Å². The lowest BCUT2D eigenvalue weighted by atomic mass is 9.94. The minimum Gasteiger partial charge on any atom is -0.384 e. The number of hydrogen-bond donors (Lipinski definition) is 1. The van der Waals surface area contributed by atoms with Gasteiger partial charge in [0.1, 0.15) is 0 Å². The molecule has 20 heavy (non-hydrogen) atoms. The Balaban J connectivity index is 2.79. The summed E-state index contributed by atoms with van der Waals surface area (Å²) >= 11 is 0. The Morgan fingerprint density at radius 2 is 1.85 bits per heavy atom. The zero-order valence-corrected chi connectivity index (χ0v) is 13.6. The van der Waals surface area contributed by atoms with Crippen LogP contribution in [0.3, 0.4) is 0 Å². The van der Waals surface area contributed by atoms with Crippen LogP contribution in [0, 0.1) is 20.8 Å². The van der Waals surface area contributed by atoms with Crippen LogP contribution in [-0.2, 0) is 0 Å². The van der Waals surface area contributed by atoms with E-state index in [0.717, 1.165) is 24.2 Å². The molecule has 0 bridgehead atoms. The molecule has 0 spiro atoms. The Kier molecular flexibility index (Phi) is 4.32. The molecule has 0 aliphatic carbocycles. The number of hydrogen-bond acceptors (Lipinski definition) is 2. The highest BCUT2D eigenvalue weighted by molar-refractivity contribution is 5.96. The summed E-state index contributed by atoms with van der Waals surface area (Å²) in [4.78, 5) is 4.89. The van der Waals surface area contributed by atoms with Crippen molar-refractivity contribution in [2.24, 2.45) is 0 Å². The van der Waals surface area contributed by atoms with Crippen molar-refractivity contribution >= 4 is 16.6 Å². The summed E-state index contributed by atoms with van der Waals surface area (Å²) in [7, 11) is 0. The van der Waals surface area contributed by atoms with Gasteiger partial charge in [0, 0.05) is 23.3 Å². The first-order valence-electron chi connectivity index (χ1n) is 7.61. The van der Waals surface area contributed by atoms with E-state index in [1.807, 2.05) is 0 Å². The monoisotopic (exact) mass is 270 g/mol. The molecule has 1 N–H and O–H groups in total. The molecule has 0 atom stereocenters. The van der Waals surface area contributed by atoms with Crippen LogP contribution in [0.4, 0.5) is 5.69 Å². The van der Waals surface area contributed by atoms with E-state index in [4.69, 9.17) is 4.98 Å². The molecular weight excluding hydrogens is 244 g/mol. The lowest BCUT2D eigenvalue weighted by Crippen LogP contribution is -2.08. The van der Waals surface area contributed by atoms with Gasteiger partial charge in [0.25, 0.3) is 0 Å². The molecule has 2 nitrogen and oxygen atoms in total. The van der Waals surface area contributed by atoms with Gasteiger partial charge in [-0.3, -0.25) is 4.98 Å². The maximum Gasteiger partial charge on any atom is 0.0757 e. The molecule has 0 unspecified atom stereocenters. The van der Waals surface area contributed by atoms with Crippen LogP contribution in [-0.4, -0.2) is 11.5 Å². The van der Waals surface area contributed by atoms with Gasteiger partial charge in [-0.15, -0.1) is 0 Å². The van der Waals surface area contributed by atoms with E-state index < -0.39 is 0 Å². The average molecular weight is 270 g/mol. The van der Waals surface area contributed by atoms with Gasteiger partial charge in [0.05, 0.1) is 5.52 Å². The van der Waals surface area contributed by atoms with E-state index >= 15 is 0 Å². The summed E-state index contributed by atoms with van der Waals surface area (Å²) in [6.07, 6.45) is 1.13. The maximum absolute atomic E-state index is 4.89. The zero-order chi connectivity index (χ0) is 14.9. The number of anilines is 1. The molecule has 0 saturated heterocycles. The van der Waals surface area contributed by atoms with Gasteiger partial charge in [0.15, 0.2) is 0 Å². The Hall–Kier alpha value is -1.57. The van der Waals surface area contributed by atoms with E-state index in [-0.39, 0.29) is 0 Å². The third-order valence-corrected chi connectivity index (χ3v) is 4.04. The third-order valence-electron chi connectivity index (χ3n) is 4.04. The minimum absolute atomic E-state index is 0.480. The molecule has 108 valence electrons. The van der Waals surface area contributed by atoms with Crippen LogP contribution < -0.4 is 5.32 Å². The molecular formula is C18H26N2. The summed E-state index contributed by atoms with van der Waals surface area (Å²) in [5.41, 5.74) is 7.54. The van der Waals surface area contributed by atoms with Crippen molar-refractivity contribution < 1.29 is 0 Å². The van der Waals surface area contributed by atoms with Gasteiger partial charge in [-0.05, 0) is 49.8 Å². The van der Waals surface area contributed by atoms with E-state index in [1.54, 1.807) is 0 Å². The maximum atomic E-state index is 4.89. The molecule has 1 aromatic carbocycles. The van der Waals surface area contributed by atoms with Crippen LogP contribution in [0.2, 0.25) is 0 Å². The molecule has 2 heteroatoms. The van der Waals surface area contributed by atoms with E-state index in [0.29, 0.717) is 5.92 Å². The van der Waals surface area contributed by atoms with Gasteiger partial charge in [-0.1, -0.05) is 32.9 Å². The summed E-state index contributed by atoms with van der Waals surface area (Å²) in [6.45, 7) is 14.2. The number of aromatic nitrogens is 1. The molecule has 0 radical (unpaired) electrons. The first kappa shape index (κ1) is 14.8. The number of benzene rings is 1. The first-order valence-corrected chi connectivity index (χ1v) is 7.61. The predicted octanol–water partition coefficient (Wildman–Crippen LogP) is 5.11. The number of fused-ring (bicyclic) bond motifs is 1. The van der Waals surface area contributed by atoms with Gasteiger partial charge in [0.2, 0.25) is 0 Å². The van der Waals surface area contributed by atoms with Gasteiger partial charge in [-0.2, -0.15) is 0 Å². The quantitative estimate of drug-likeness (QED) is 0.835. The van der Waals surface area contributed by atoms with Crippen molar-refractivity contribution in [2.75, 3.05) is 11.9 Å². The largest absolute Gasteiger partial charge is 0.384 e. The Morgan fingerprint density at radius 3 is 2.45 bits per heavy atom. The fraction of sp³-hybridized carbons (Fsp3) is 0.500. The molecule has 0 amide bonds. The molecule has 0 saturated carbocycles. The SMILES string of the molecule is CCCNc1c(C(C)C)c(C)nc2c(C)c(C)ccc12. The third kappa shape index (κ3) is 2.52. The van der Waals surface area contributed by atoms with Crippen LogP contribution >= 0.6 is 0 Å². The minimum atomic E-state index is 0.480. The van der Waals surface area contributed by atoms with Crippen LogP contribution in [0.25, 0.3) is 10.9 Å².